The quantitative estimate of drug-likeness (QED) is 0.714. The van der Waals surface area contributed by atoms with E-state index in [1.54, 1.807) is 0 Å². The fourth-order valence-electron chi connectivity index (χ4n) is 2.26. The summed E-state index contributed by atoms with van der Waals surface area (Å²) >= 11 is 12.0. The van der Waals surface area contributed by atoms with Gasteiger partial charge in [-0.2, -0.15) is 0 Å². The van der Waals surface area contributed by atoms with Crippen LogP contribution >= 0.6 is 23.2 Å². The van der Waals surface area contributed by atoms with Gasteiger partial charge in [-0.3, -0.25) is 0 Å². The summed E-state index contributed by atoms with van der Waals surface area (Å²) in [6, 6.07) is 5.96. The Morgan fingerprint density at radius 3 is 2.69 bits per heavy atom. The average Bonchev–Trinajstić information content (AvgIpc) is 2.59. The minimum Gasteiger partial charge on any atom is -0.371 e. The van der Waals surface area contributed by atoms with Gasteiger partial charge in [0.1, 0.15) is 0 Å². The number of alkyl halides is 1. The Morgan fingerprint density at radius 2 is 2.12 bits per heavy atom. The van der Waals surface area contributed by atoms with Gasteiger partial charge in [-0.25, -0.2) is 0 Å². The van der Waals surface area contributed by atoms with Crippen molar-refractivity contribution in [3.05, 3.63) is 28.8 Å². The predicted molar refractivity (Wildman–Crippen MR) is 71.6 cm³/mol. The molecule has 0 amide bonds. The molecule has 1 saturated heterocycles. The van der Waals surface area contributed by atoms with Crippen LogP contribution < -0.4 is 4.90 Å². The summed E-state index contributed by atoms with van der Waals surface area (Å²) < 4.78 is 0. The average molecular weight is 258 g/mol. The molecule has 1 aliphatic heterocycles. The number of nitrogens with zero attached hydrogens (tertiary/aromatic N) is 1. The zero-order chi connectivity index (χ0) is 11.8. The summed E-state index contributed by atoms with van der Waals surface area (Å²) in [4.78, 5) is 2.39. The van der Waals surface area contributed by atoms with E-state index in [-0.39, 0.29) is 0 Å². The highest BCUT2D eigenvalue weighted by molar-refractivity contribution is 6.31. The van der Waals surface area contributed by atoms with Gasteiger partial charge in [0, 0.05) is 29.7 Å². The van der Waals surface area contributed by atoms with Crippen LogP contribution in [-0.4, -0.2) is 13.1 Å². The lowest BCUT2D eigenvalue weighted by molar-refractivity contribution is 0.418. The fraction of sp³-hybridized carbons (Fsp3) is 0.538. The van der Waals surface area contributed by atoms with Gasteiger partial charge in [-0.15, -0.1) is 11.6 Å². The molecule has 1 nitrogen and oxygen atoms in total. The van der Waals surface area contributed by atoms with Crippen LogP contribution in [0.2, 0.25) is 5.02 Å². The number of benzene rings is 1. The van der Waals surface area contributed by atoms with E-state index in [1.807, 2.05) is 18.2 Å². The van der Waals surface area contributed by atoms with Crippen LogP contribution in [0.25, 0.3) is 0 Å². The maximum absolute atomic E-state index is 6.05. The van der Waals surface area contributed by atoms with Crippen LogP contribution in [0.5, 0.6) is 0 Å². The maximum atomic E-state index is 6.05. The molecule has 0 radical (unpaired) electrons. The van der Waals surface area contributed by atoms with E-state index >= 15 is 0 Å². The third-order valence-corrected chi connectivity index (χ3v) is 3.73. The molecule has 16 heavy (non-hydrogen) atoms. The first-order valence-electron chi connectivity index (χ1n) is 5.61. The van der Waals surface area contributed by atoms with E-state index in [0.717, 1.165) is 18.1 Å². The molecule has 1 aliphatic rings. The van der Waals surface area contributed by atoms with Crippen molar-refractivity contribution < 1.29 is 0 Å². The van der Waals surface area contributed by atoms with Crippen LogP contribution in [0, 0.1) is 5.41 Å². The number of rotatable bonds is 2. The molecule has 0 bridgehead atoms. The summed E-state index contributed by atoms with van der Waals surface area (Å²) in [6.45, 7) is 6.78. The highest BCUT2D eigenvalue weighted by Crippen LogP contribution is 2.35. The second kappa shape index (κ2) is 4.46. The third kappa shape index (κ3) is 2.46. The monoisotopic (exact) mass is 257 g/mol. The number of hydrogen-bond acceptors (Lipinski definition) is 1. The van der Waals surface area contributed by atoms with Gasteiger partial charge < -0.3 is 4.90 Å². The SMILES string of the molecule is CC1(C)CCN(c2cc(Cl)ccc2CCl)C1. The molecule has 1 aromatic carbocycles. The van der Waals surface area contributed by atoms with Crippen molar-refractivity contribution in [2.24, 2.45) is 5.41 Å². The number of anilines is 1. The molecular formula is C13H17Cl2N. The summed E-state index contributed by atoms with van der Waals surface area (Å²) in [5.41, 5.74) is 2.77. The molecule has 0 aliphatic carbocycles. The van der Waals surface area contributed by atoms with Gasteiger partial charge >= 0.3 is 0 Å². The lowest BCUT2D eigenvalue weighted by Gasteiger charge is -2.24. The Balaban J connectivity index is 2.30. The van der Waals surface area contributed by atoms with E-state index in [1.165, 1.54) is 17.7 Å². The van der Waals surface area contributed by atoms with Crippen molar-refractivity contribution >= 4 is 28.9 Å². The molecule has 0 spiro atoms. The zero-order valence-electron chi connectivity index (χ0n) is 9.76. The maximum Gasteiger partial charge on any atom is 0.0494 e. The second-order valence-corrected chi connectivity index (χ2v) is 5.95. The molecule has 0 saturated carbocycles. The van der Waals surface area contributed by atoms with E-state index in [0.29, 0.717) is 11.3 Å². The van der Waals surface area contributed by atoms with Crippen molar-refractivity contribution in [1.82, 2.24) is 0 Å². The molecule has 0 atom stereocenters. The standard InChI is InChI=1S/C13H17Cl2N/c1-13(2)5-6-16(9-13)12-7-11(15)4-3-10(12)8-14/h3-4,7H,5-6,8-9H2,1-2H3. The second-order valence-electron chi connectivity index (χ2n) is 5.24. The van der Waals surface area contributed by atoms with Gasteiger partial charge in [0.25, 0.3) is 0 Å². The number of halogens is 2. The molecular weight excluding hydrogens is 241 g/mol. The topological polar surface area (TPSA) is 3.24 Å². The molecule has 0 unspecified atom stereocenters. The Bertz CT molecular complexity index is 388. The smallest absolute Gasteiger partial charge is 0.0494 e. The van der Waals surface area contributed by atoms with Gasteiger partial charge in [0.05, 0.1) is 0 Å². The van der Waals surface area contributed by atoms with Crippen molar-refractivity contribution in [3.63, 3.8) is 0 Å². The molecule has 1 fully saturated rings. The minimum absolute atomic E-state index is 0.395. The predicted octanol–water partition coefficient (Wildman–Crippen LogP) is 4.32. The molecule has 3 heteroatoms. The summed E-state index contributed by atoms with van der Waals surface area (Å²) in [5.74, 6) is 0.545. The molecule has 88 valence electrons. The van der Waals surface area contributed by atoms with Crippen LogP contribution in [0.4, 0.5) is 5.69 Å². The minimum atomic E-state index is 0.395. The number of hydrogen-bond donors (Lipinski definition) is 0. The van der Waals surface area contributed by atoms with E-state index in [2.05, 4.69) is 18.7 Å². The molecule has 1 aromatic rings. The first kappa shape index (κ1) is 12.1. The Labute approximate surface area is 107 Å². The lowest BCUT2D eigenvalue weighted by atomic mass is 9.93. The highest BCUT2D eigenvalue weighted by Gasteiger charge is 2.30. The van der Waals surface area contributed by atoms with E-state index in [9.17, 15) is 0 Å². The van der Waals surface area contributed by atoms with E-state index < -0.39 is 0 Å². The van der Waals surface area contributed by atoms with Crippen LogP contribution in [0.1, 0.15) is 25.8 Å². The largest absolute Gasteiger partial charge is 0.371 e. The third-order valence-electron chi connectivity index (χ3n) is 3.21. The molecule has 2 rings (SSSR count). The Hall–Kier alpha value is -0.400. The zero-order valence-corrected chi connectivity index (χ0v) is 11.3. The summed E-state index contributed by atoms with van der Waals surface area (Å²) in [7, 11) is 0. The summed E-state index contributed by atoms with van der Waals surface area (Å²) in [5, 5.41) is 0.786. The van der Waals surface area contributed by atoms with Gasteiger partial charge in [-0.05, 0) is 29.5 Å². The molecule has 1 heterocycles. The lowest BCUT2D eigenvalue weighted by Crippen LogP contribution is -2.23. The van der Waals surface area contributed by atoms with Crippen molar-refractivity contribution in [2.45, 2.75) is 26.1 Å². The first-order valence-corrected chi connectivity index (χ1v) is 6.52. The molecule has 0 N–H and O–H groups in total. The van der Waals surface area contributed by atoms with Gasteiger partial charge in [0.2, 0.25) is 0 Å². The van der Waals surface area contributed by atoms with Gasteiger partial charge in [0.15, 0.2) is 0 Å². The Kier molecular flexibility index (Phi) is 3.37. The Morgan fingerprint density at radius 1 is 1.38 bits per heavy atom. The van der Waals surface area contributed by atoms with Crippen LogP contribution in [0.15, 0.2) is 18.2 Å². The first-order chi connectivity index (χ1) is 7.52. The van der Waals surface area contributed by atoms with Crippen LogP contribution in [0.3, 0.4) is 0 Å². The summed E-state index contributed by atoms with van der Waals surface area (Å²) in [6.07, 6.45) is 1.22. The normalized spacial score (nSPS) is 19.1. The van der Waals surface area contributed by atoms with Crippen molar-refractivity contribution in [3.8, 4) is 0 Å². The fourth-order valence-corrected chi connectivity index (χ4v) is 2.65. The highest BCUT2D eigenvalue weighted by atomic mass is 35.5. The van der Waals surface area contributed by atoms with Crippen LogP contribution in [-0.2, 0) is 5.88 Å². The van der Waals surface area contributed by atoms with Crippen molar-refractivity contribution in [2.75, 3.05) is 18.0 Å². The van der Waals surface area contributed by atoms with Gasteiger partial charge in [-0.1, -0.05) is 31.5 Å². The molecule has 0 aromatic heterocycles. The van der Waals surface area contributed by atoms with E-state index in [4.69, 9.17) is 23.2 Å². The van der Waals surface area contributed by atoms with Crippen molar-refractivity contribution in [1.29, 1.82) is 0 Å².